The number of hydrogen-bond donors (Lipinski definition) is 1. The molecule has 0 aliphatic heterocycles. The quantitative estimate of drug-likeness (QED) is 0.758. The van der Waals surface area contributed by atoms with Gasteiger partial charge in [0.1, 0.15) is 17.9 Å². The van der Waals surface area contributed by atoms with Gasteiger partial charge in [0.15, 0.2) is 0 Å². The summed E-state index contributed by atoms with van der Waals surface area (Å²) >= 11 is 1.36. The lowest BCUT2D eigenvalue weighted by molar-refractivity contribution is -0.143. The summed E-state index contributed by atoms with van der Waals surface area (Å²) < 4.78 is 6.88. The van der Waals surface area contributed by atoms with Gasteiger partial charge in [-0.3, -0.25) is 19.0 Å². The highest BCUT2D eigenvalue weighted by atomic mass is 32.1. The lowest BCUT2D eigenvalue weighted by atomic mass is 9.97. The van der Waals surface area contributed by atoms with Crippen LogP contribution in [0, 0.1) is 0 Å². The molecule has 0 aromatic carbocycles. The number of aryl methyl sites for hydroxylation is 2. The van der Waals surface area contributed by atoms with Crippen LogP contribution in [0.15, 0.2) is 9.59 Å². The Bertz CT molecular complexity index is 969. The number of primary amides is 1. The number of ether oxygens (including phenoxy) is 1. The van der Waals surface area contributed by atoms with Crippen molar-refractivity contribution < 1.29 is 14.3 Å². The van der Waals surface area contributed by atoms with Crippen molar-refractivity contribution in [2.75, 3.05) is 6.61 Å². The molecule has 1 aliphatic rings. The molecule has 25 heavy (non-hydrogen) atoms. The molecule has 9 heteroatoms. The van der Waals surface area contributed by atoms with Gasteiger partial charge in [-0.2, -0.15) is 0 Å². The predicted molar refractivity (Wildman–Crippen MR) is 92.8 cm³/mol. The van der Waals surface area contributed by atoms with Gasteiger partial charge < -0.3 is 10.5 Å². The van der Waals surface area contributed by atoms with Crippen LogP contribution >= 0.6 is 11.3 Å². The van der Waals surface area contributed by atoms with E-state index in [1.165, 1.54) is 15.9 Å². The van der Waals surface area contributed by atoms with Crippen LogP contribution < -0.4 is 17.0 Å². The van der Waals surface area contributed by atoms with E-state index in [1.54, 1.807) is 6.92 Å². The van der Waals surface area contributed by atoms with E-state index in [4.69, 9.17) is 10.5 Å². The van der Waals surface area contributed by atoms with Crippen molar-refractivity contribution in [1.82, 2.24) is 9.13 Å². The summed E-state index contributed by atoms with van der Waals surface area (Å²) in [6.07, 6.45) is 3.58. The van der Waals surface area contributed by atoms with Gasteiger partial charge in [-0.1, -0.05) is 0 Å². The molecule has 2 N–H and O–H groups in total. The number of nitrogens with two attached hydrogens (primary N) is 1. The number of esters is 1. The molecule has 8 nitrogen and oxygen atoms in total. The van der Waals surface area contributed by atoms with E-state index in [1.807, 2.05) is 0 Å². The van der Waals surface area contributed by atoms with E-state index in [0.29, 0.717) is 10.2 Å². The van der Waals surface area contributed by atoms with E-state index < -0.39 is 29.7 Å². The Labute approximate surface area is 146 Å². The smallest absolute Gasteiger partial charge is 0.333 e. The standard InChI is InChI=1S/C16H19N3O5S/c1-2-24-12(21)8-18-14(22)13-9-5-3-4-6-10(9)25-15(13)19(16(18)23)7-11(17)20/h2-8H2,1H3,(H2,17,20). The van der Waals surface area contributed by atoms with E-state index in [9.17, 15) is 19.2 Å². The zero-order chi connectivity index (χ0) is 18.1. The zero-order valence-electron chi connectivity index (χ0n) is 13.9. The molecular formula is C16H19N3O5S. The van der Waals surface area contributed by atoms with Gasteiger partial charge >= 0.3 is 11.7 Å². The molecule has 0 unspecified atom stereocenters. The van der Waals surface area contributed by atoms with Crippen LogP contribution in [0.25, 0.3) is 10.2 Å². The molecule has 0 fully saturated rings. The van der Waals surface area contributed by atoms with Crippen LogP contribution in [0.4, 0.5) is 0 Å². The average molecular weight is 365 g/mol. The first-order valence-corrected chi connectivity index (χ1v) is 8.97. The van der Waals surface area contributed by atoms with Gasteiger partial charge in [0.2, 0.25) is 5.91 Å². The number of amides is 1. The summed E-state index contributed by atoms with van der Waals surface area (Å²) in [5.41, 5.74) is 4.97. The van der Waals surface area contributed by atoms with Crippen molar-refractivity contribution in [2.45, 2.75) is 45.7 Å². The molecule has 1 aliphatic carbocycles. The molecule has 0 atom stereocenters. The summed E-state index contributed by atoms with van der Waals surface area (Å²) in [6, 6.07) is 0. The minimum atomic E-state index is -0.719. The first kappa shape index (κ1) is 17.4. The third kappa shape index (κ3) is 3.11. The van der Waals surface area contributed by atoms with Gasteiger partial charge in [0.25, 0.3) is 5.56 Å². The second-order valence-corrected chi connectivity index (χ2v) is 7.01. The molecule has 1 amide bonds. The number of nitrogens with zero attached hydrogens (tertiary/aromatic N) is 2. The van der Waals surface area contributed by atoms with Crippen molar-refractivity contribution in [3.8, 4) is 0 Å². The Hall–Kier alpha value is -2.42. The van der Waals surface area contributed by atoms with Crippen molar-refractivity contribution in [3.63, 3.8) is 0 Å². The highest BCUT2D eigenvalue weighted by Crippen LogP contribution is 2.34. The van der Waals surface area contributed by atoms with Crippen molar-refractivity contribution in [1.29, 1.82) is 0 Å². The number of aromatic nitrogens is 2. The van der Waals surface area contributed by atoms with Crippen molar-refractivity contribution in [2.24, 2.45) is 5.73 Å². The maximum atomic E-state index is 12.9. The average Bonchev–Trinajstić information content (AvgIpc) is 2.95. The second kappa shape index (κ2) is 6.83. The minimum absolute atomic E-state index is 0.152. The van der Waals surface area contributed by atoms with Crippen molar-refractivity contribution >= 4 is 33.4 Å². The molecule has 2 aromatic rings. The Morgan fingerprint density at radius 3 is 2.56 bits per heavy atom. The highest BCUT2D eigenvalue weighted by molar-refractivity contribution is 7.18. The monoisotopic (exact) mass is 365 g/mol. The molecule has 2 heterocycles. The third-order valence-corrected chi connectivity index (χ3v) is 5.54. The van der Waals surface area contributed by atoms with E-state index >= 15 is 0 Å². The van der Waals surface area contributed by atoms with Crippen LogP contribution in [0.3, 0.4) is 0 Å². The van der Waals surface area contributed by atoms with Crippen molar-refractivity contribution in [3.05, 3.63) is 31.3 Å². The van der Waals surface area contributed by atoms with Crippen LogP contribution in [0.5, 0.6) is 0 Å². The van der Waals surface area contributed by atoms with E-state index in [2.05, 4.69) is 0 Å². The van der Waals surface area contributed by atoms with Crippen LogP contribution in [-0.4, -0.2) is 27.6 Å². The number of thiophene rings is 1. The van der Waals surface area contributed by atoms with Gasteiger partial charge in [0, 0.05) is 4.88 Å². The first-order valence-electron chi connectivity index (χ1n) is 8.15. The molecular weight excluding hydrogens is 346 g/mol. The van der Waals surface area contributed by atoms with Crippen LogP contribution in [0.1, 0.15) is 30.2 Å². The fourth-order valence-electron chi connectivity index (χ4n) is 3.19. The SMILES string of the molecule is CCOC(=O)Cn1c(=O)c2c3c(sc2n(CC(N)=O)c1=O)CCCC3. The Morgan fingerprint density at radius 1 is 1.16 bits per heavy atom. The molecule has 0 bridgehead atoms. The third-order valence-electron chi connectivity index (χ3n) is 4.23. The molecule has 0 saturated carbocycles. The number of rotatable bonds is 5. The second-order valence-electron chi connectivity index (χ2n) is 5.92. The Kier molecular flexibility index (Phi) is 4.76. The van der Waals surface area contributed by atoms with Crippen LogP contribution in [-0.2, 0) is 40.3 Å². The number of carbonyl (C=O) groups excluding carboxylic acids is 2. The van der Waals surface area contributed by atoms with E-state index in [-0.39, 0.29) is 13.2 Å². The Morgan fingerprint density at radius 2 is 1.88 bits per heavy atom. The molecule has 3 rings (SSSR count). The fraction of sp³-hybridized carbons (Fsp3) is 0.500. The van der Waals surface area contributed by atoms with Gasteiger partial charge in [-0.15, -0.1) is 11.3 Å². The van der Waals surface area contributed by atoms with Gasteiger partial charge in [-0.05, 0) is 38.2 Å². The maximum absolute atomic E-state index is 12.9. The first-order chi connectivity index (χ1) is 11.9. The number of hydrogen-bond acceptors (Lipinski definition) is 6. The number of carbonyl (C=O) groups is 2. The topological polar surface area (TPSA) is 113 Å². The molecule has 0 saturated heterocycles. The summed E-state index contributed by atoms with van der Waals surface area (Å²) in [5.74, 6) is -1.35. The molecule has 134 valence electrons. The summed E-state index contributed by atoms with van der Waals surface area (Å²) in [5, 5.41) is 0.421. The zero-order valence-corrected chi connectivity index (χ0v) is 14.7. The lowest BCUT2D eigenvalue weighted by Gasteiger charge is -2.12. The summed E-state index contributed by atoms with van der Waals surface area (Å²) in [6.45, 7) is 0.978. The van der Waals surface area contributed by atoms with Crippen LogP contribution in [0.2, 0.25) is 0 Å². The normalized spacial score (nSPS) is 13.6. The fourth-order valence-corrected chi connectivity index (χ4v) is 4.56. The molecule has 0 spiro atoms. The predicted octanol–water partition coefficient (Wildman–Crippen LogP) is 0.152. The Balaban J connectivity index is 2.29. The van der Waals surface area contributed by atoms with E-state index in [0.717, 1.165) is 40.7 Å². The maximum Gasteiger partial charge on any atom is 0.333 e. The minimum Gasteiger partial charge on any atom is -0.465 e. The summed E-state index contributed by atoms with van der Waals surface area (Å²) in [4.78, 5) is 50.3. The largest absolute Gasteiger partial charge is 0.465 e. The van der Waals surface area contributed by atoms with Gasteiger partial charge in [-0.25, -0.2) is 9.36 Å². The number of fused-ring (bicyclic) bond motifs is 3. The van der Waals surface area contributed by atoms with Gasteiger partial charge in [0.05, 0.1) is 12.0 Å². The summed E-state index contributed by atoms with van der Waals surface area (Å²) in [7, 11) is 0. The highest BCUT2D eigenvalue weighted by Gasteiger charge is 2.24. The lowest BCUT2D eigenvalue weighted by Crippen LogP contribution is -2.43. The molecule has 2 aromatic heterocycles. The molecule has 0 radical (unpaired) electrons.